The Bertz CT molecular complexity index is 1020. The van der Waals surface area contributed by atoms with Crippen molar-refractivity contribution in [3.63, 3.8) is 0 Å². The van der Waals surface area contributed by atoms with Crippen LogP contribution in [-0.4, -0.2) is 63.2 Å². The van der Waals surface area contributed by atoms with Crippen molar-refractivity contribution in [1.82, 2.24) is 20.0 Å². The molecule has 1 amide bonds. The lowest BCUT2D eigenvalue weighted by atomic mass is 9.85. The van der Waals surface area contributed by atoms with Crippen molar-refractivity contribution in [1.29, 1.82) is 0 Å². The number of carbonyl (C=O) groups excluding carboxylic acids is 2. The average molecular weight is 421 g/mol. The molecule has 0 bridgehead atoms. The van der Waals surface area contributed by atoms with Gasteiger partial charge in [-0.2, -0.15) is 5.10 Å². The maximum absolute atomic E-state index is 13.9. The number of amides is 1. The van der Waals surface area contributed by atoms with Crippen LogP contribution in [-0.2, 0) is 22.4 Å². The van der Waals surface area contributed by atoms with E-state index in [2.05, 4.69) is 44.3 Å². The van der Waals surface area contributed by atoms with Gasteiger partial charge in [0.1, 0.15) is 11.2 Å². The molecule has 0 saturated carbocycles. The van der Waals surface area contributed by atoms with E-state index in [1.165, 1.54) is 11.1 Å². The van der Waals surface area contributed by atoms with Crippen molar-refractivity contribution in [3.8, 4) is 0 Å². The number of aromatic nitrogens is 2. The number of hydrogen-bond donors (Lipinski definition) is 1. The fourth-order valence-electron chi connectivity index (χ4n) is 6.81. The van der Waals surface area contributed by atoms with Crippen molar-refractivity contribution < 1.29 is 14.3 Å². The van der Waals surface area contributed by atoms with Crippen molar-refractivity contribution in [2.24, 2.45) is 5.92 Å². The van der Waals surface area contributed by atoms with Gasteiger partial charge < -0.3 is 9.64 Å². The number of likely N-dealkylation sites (tertiary alicyclic amines) is 1. The first kappa shape index (κ1) is 19.0. The molecule has 1 N–H and O–H groups in total. The Labute approximate surface area is 181 Å². The largest absolute Gasteiger partial charge is 0.461 e. The van der Waals surface area contributed by atoms with E-state index in [0.717, 1.165) is 50.8 Å². The molecule has 3 aliphatic heterocycles. The van der Waals surface area contributed by atoms with Crippen LogP contribution in [0.2, 0.25) is 0 Å². The van der Waals surface area contributed by atoms with Crippen LogP contribution in [0.4, 0.5) is 0 Å². The van der Waals surface area contributed by atoms with Gasteiger partial charge >= 0.3 is 5.97 Å². The second kappa shape index (κ2) is 6.92. The number of ether oxygens (including phenoxy) is 1. The van der Waals surface area contributed by atoms with Crippen molar-refractivity contribution in [3.05, 3.63) is 52.8 Å². The summed E-state index contributed by atoms with van der Waals surface area (Å²) in [6.07, 6.45) is 6.49. The Balaban J connectivity index is 1.28. The lowest BCUT2D eigenvalue weighted by Crippen LogP contribution is -2.51. The number of fused-ring (bicyclic) bond motifs is 1. The topological polar surface area (TPSA) is 78.5 Å². The zero-order valence-corrected chi connectivity index (χ0v) is 17.8. The molecule has 162 valence electrons. The summed E-state index contributed by atoms with van der Waals surface area (Å²) in [6.45, 7) is 3.84. The molecule has 3 atom stereocenters. The molecule has 7 heteroatoms. The quantitative estimate of drug-likeness (QED) is 0.769. The van der Waals surface area contributed by atoms with Crippen LogP contribution in [0, 0.1) is 5.92 Å². The molecule has 1 aromatic heterocycles. The molecule has 31 heavy (non-hydrogen) atoms. The smallest absolute Gasteiger partial charge is 0.356 e. The number of rotatable bonds is 4. The number of aromatic amines is 1. The first-order valence-corrected chi connectivity index (χ1v) is 11.5. The molecule has 0 radical (unpaired) electrons. The van der Waals surface area contributed by atoms with Gasteiger partial charge in [-0.05, 0) is 56.7 Å². The van der Waals surface area contributed by atoms with Crippen LogP contribution in [0.25, 0.3) is 0 Å². The van der Waals surface area contributed by atoms with Crippen LogP contribution in [0.15, 0.2) is 30.5 Å². The molecular weight excluding hydrogens is 392 g/mol. The highest BCUT2D eigenvalue weighted by Gasteiger charge is 2.66. The van der Waals surface area contributed by atoms with E-state index >= 15 is 0 Å². The first-order chi connectivity index (χ1) is 15.1. The van der Waals surface area contributed by atoms with Crippen molar-refractivity contribution >= 4 is 11.9 Å². The number of hydrogen-bond acceptors (Lipinski definition) is 5. The summed E-state index contributed by atoms with van der Waals surface area (Å²) in [7, 11) is 0. The van der Waals surface area contributed by atoms with E-state index in [1.54, 1.807) is 13.1 Å². The van der Waals surface area contributed by atoms with Crippen molar-refractivity contribution in [2.45, 2.75) is 56.7 Å². The number of H-pyrrole nitrogens is 1. The van der Waals surface area contributed by atoms with Gasteiger partial charge in [-0.15, -0.1) is 0 Å². The first-order valence-electron chi connectivity index (χ1n) is 11.5. The Morgan fingerprint density at radius 2 is 2.06 bits per heavy atom. The van der Waals surface area contributed by atoms with Gasteiger partial charge in [0.25, 0.3) is 0 Å². The molecule has 7 nitrogen and oxygen atoms in total. The lowest BCUT2D eigenvalue weighted by Gasteiger charge is -2.34. The SMILES string of the molecule is CCOC(=O)c1[nH]ncc1[C@@H]1C[C@H]2CN(C3Cc4ccccc4C3)C(=O)[C@]23CCCN13. The van der Waals surface area contributed by atoms with Gasteiger partial charge in [0.2, 0.25) is 5.91 Å². The number of carbonyl (C=O) groups is 2. The molecule has 6 rings (SSSR count). The molecule has 4 heterocycles. The third-order valence-electron chi connectivity index (χ3n) is 8.05. The van der Waals surface area contributed by atoms with Crippen LogP contribution in [0.1, 0.15) is 59.4 Å². The second-order valence-electron chi connectivity index (χ2n) is 9.38. The monoisotopic (exact) mass is 420 g/mol. The van der Waals surface area contributed by atoms with Crippen LogP contribution in [0.5, 0.6) is 0 Å². The van der Waals surface area contributed by atoms with Gasteiger partial charge in [-0.3, -0.25) is 14.8 Å². The maximum atomic E-state index is 13.9. The fourth-order valence-corrected chi connectivity index (χ4v) is 6.81. The third-order valence-corrected chi connectivity index (χ3v) is 8.05. The Kier molecular flexibility index (Phi) is 4.25. The number of benzene rings is 1. The highest BCUT2D eigenvalue weighted by molar-refractivity contribution is 5.91. The number of nitrogens with zero attached hydrogens (tertiary/aromatic N) is 3. The Hall–Kier alpha value is -2.67. The predicted octanol–water partition coefficient (Wildman–Crippen LogP) is 2.49. The minimum atomic E-state index is -0.414. The van der Waals surface area contributed by atoms with Crippen LogP contribution < -0.4 is 0 Å². The van der Waals surface area contributed by atoms with E-state index in [-0.39, 0.29) is 18.1 Å². The zero-order chi connectivity index (χ0) is 21.2. The molecule has 0 unspecified atom stereocenters. The minimum Gasteiger partial charge on any atom is -0.461 e. The highest BCUT2D eigenvalue weighted by Crippen LogP contribution is 2.56. The Morgan fingerprint density at radius 1 is 1.29 bits per heavy atom. The molecule has 1 aromatic carbocycles. The van der Waals surface area contributed by atoms with Gasteiger partial charge in [0, 0.05) is 30.1 Å². The maximum Gasteiger partial charge on any atom is 0.356 e. The predicted molar refractivity (Wildman–Crippen MR) is 113 cm³/mol. The van der Waals surface area contributed by atoms with Gasteiger partial charge in [0.05, 0.1) is 12.8 Å². The number of esters is 1. The third kappa shape index (κ3) is 2.59. The van der Waals surface area contributed by atoms with Gasteiger partial charge in [-0.1, -0.05) is 24.3 Å². The molecule has 3 saturated heterocycles. The van der Waals surface area contributed by atoms with Gasteiger partial charge in [-0.25, -0.2) is 4.79 Å². The van der Waals surface area contributed by atoms with E-state index in [0.29, 0.717) is 24.1 Å². The molecular formula is C24H28N4O3. The number of nitrogens with one attached hydrogen (secondary N) is 1. The van der Waals surface area contributed by atoms with E-state index < -0.39 is 5.54 Å². The summed E-state index contributed by atoms with van der Waals surface area (Å²) >= 11 is 0. The summed E-state index contributed by atoms with van der Waals surface area (Å²) in [5, 5.41) is 6.99. The molecule has 1 aliphatic carbocycles. The fraction of sp³-hybridized carbons (Fsp3) is 0.542. The van der Waals surface area contributed by atoms with E-state index in [4.69, 9.17) is 4.74 Å². The van der Waals surface area contributed by atoms with Crippen LogP contribution >= 0.6 is 0 Å². The van der Waals surface area contributed by atoms with Gasteiger partial charge in [0.15, 0.2) is 0 Å². The van der Waals surface area contributed by atoms with E-state index in [1.807, 2.05) is 0 Å². The summed E-state index contributed by atoms with van der Waals surface area (Å²) in [5.41, 5.74) is 3.66. The van der Waals surface area contributed by atoms with Crippen LogP contribution in [0.3, 0.4) is 0 Å². The summed E-state index contributed by atoms with van der Waals surface area (Å²) < 4.78 is 5.22. The highest BCUT2D eigenvalue weighted by atomic mass is 16.5. The second-order valence-corrected chi connectivity index (χ2v) is 9.38. The Morgan fingerprint density at radius 3 is 2.81 bits per heavy atom. The molecule has 4 aliphatic rings. The summed E-state index contributed by atoms with van der Waals surface area (Å²) in [4.78, 5) is 30.9. The summed E-state index contributed by atoms with van der Waals surface area (Å²) in [6, 6.07) is 8.89. The normalized spacial score (nSPS) is 30.0. The lowest BCUT2D eigenvalue weighted by molar-refractivity contribution is -0.138. The molecule has 2 aromatic rings. The minimum absolute atomic E-state index is 0.0394. The molecule has 3 fully saturated rings. The molecule has 1 spiro atoms. The standard InChI is InChI=1S/C24H28N4O3/c1-2-31-22(29)21-19(13-25-26-21)20-12-17-14-27(23(30)24(17)8-5-9-28(20)24)18-10-15-6-3-4-7-16(15)11-18/h3-4,6-7,13,17-18,20H,2,5,8-12,14H2,1H3,(H,25,26)/t17-,20-,24-/m0/s1. The summed E-state index contributed by atoms with van der Waals surface area (Å²) in [5.74, 6) is 0.231. The zero-order valence-electron chi connectivity index (χ0n) is 17.8. The average Bonchev–Trinajstić information content (AvgIpc) is 3.55. The van der Waals surface area contributed by atoms with E-state index in [9.17, 15) is 9.59 Å². The van der Waals surface area contributed by atoms with Crippen molar-refractivity contribution in [2.75, 3.05) is 19.7 Å².